The molecule has 0 amide bonds. The molecule has 0 saturated carbocycles. The SMILES string of the molecule is Cc1ccccc1N(C)c1nnns1. The van der Waals surface area contributed by atoms with E-state index in [0.717, 1.165) is 10.8 Å². The summed E-state index contributed by atoms with van der Waals surface area (Å²) in [5.41, 5.74) is 2.34. The predicted molar refractivity (Wildman–Crippen MR) is 56.9 cm³/mol. The fourth-order valence-corrected chi connectivity index (χ4v) is 1.74. The Morgan fingerprint density at radius 1 is 1.29 bits per heavy atom. The maximum absolute atomic E-state index is 3.92. The van der Waals surface area contributed by atoms with Crippen molar-refractivity contribution in [2.75, 3.05) is 11.9 Å². The molecule has 5 heteroatoms. The molecule has 0 fully saturated rings. The zero-order valence-corrected chi connectivity index (χ0v) is 8.82. The van der Waals surface area contributed by atoms with Crippen LogP contribution in [-0.2, 0) is 0 Å². The van der Waals surface area contributed by atoms with Crippen molar-refractivity contribution in [1.82, 2.24) is 14.8 Å². The summed E-state index contributed by atoms with van der Waals surface area (Å²) >= 11 is 1.29. The van der Waals surface area contributed by atoms with Gasteiger partial charge in [-0.15, -0.1) is 0 Å². The van der Waals surface area contributed by atoms with Gasteiger partial charge in [0.25, 0.3) is 0 Å². The number of para-hydroxylation sites is 1. The minimum atomic E-state index is 0.805. The van der Waals surface area contributed by atoms with Crippen molar-refractivity contribution in [1.29, 1.82) is 0 Å². The van der Waals surface area contributed by atoms with E-state index in [1.807, 2.05) is 24.1 Å². The Balaban J connectivity index is 2.37. The van der Waals surface area contributed by atoms with Gasteiger partial charge < -0.3 is 4.90 Å². The summed E-state index contributed by atoms with van der Waals surface area (Å²) in [4.78, 5) is 1.99. The van der Waals surface area contributed by atoms with Crippen molar-refractivity contribution < 1.29 is 0 Å². The first-order valence-corrected chi connectivity index (χ1v) is 5.01. The van der Waals surface area contributed by atoms with Crippen LogP contribution in [0.15, 0.2) is 24.3 Å². The van der Waals surface area contributed by atoms with Gasteiger partial charge in [-0.3, -0.25) is 0 Å². The molecule has 0 aliphatic carbocycles. The molecule has 1 aromatic heterocycles. The number of anilines is 2. The lowest BCUT2D eigenvalue weighted by Crippen LogP contribution is -2.10. The number of nitrogens with zero attached hydrogens (tertiary/aromatic N) is 4. The molecule has 0 spiro atoms. The Labute approximate surface area is 86.4 Å². The first-order valence-electron chi connectivity index (χ1n) is 4.23. The third kappa shape index (κ3) is 1.58. The monoisotopic (exact) mass is 206 g/mol. The van der Waals surface area contributed by atoms with E-state index in [0.29, 0.717) is 0 Å². The van der Waals surface area contributed by atoms with Gasteiger partial charge in [0.05, 0.1) is 0 Å². The van der Waals surface area contributed by atoms with Gasteiger partial charge in [0.2, 0.25) is 5.13 Å². The van der Waals surface area contributed by atoms with Crippen molar-refractivity contribution in [2.45, 2.75) is 6.92 Å². The predicted octanol–water partition coefficient (Wildman–Crippen LogP) is 2.01. The highest BCUT2D eigenvalue weighted by molar-refractivity contribution is 7.09. The zero-order valence-electron chi connectivity index (χ0n) is 8.01. The van der Waals surface area contributed by atoms with E-state index in [9.17, 15) is 0 Å². The van der Waals surface area contributed by atoms with Crippen molar-refractivity contribution >= 4 is 22.4 Å². The summed E-state index contributed by atoms with van der Waals surface area (Å²) < 4.78 is 3.74. The van der Waals surface area contributed by atoms with Crippen LogP contribution in [0.1, 0.15) is 5.56 Å². The van der Waals surface area contributed by atoms with E-state index in [4.69, 9.17) is 0 Å². The Kier molecular flexibility index (Phi) is 2.41. The standard InChI is InChI=1S/C9H10N4S/c1-7-5-3-4-6-8(7)13(2)9-10-11-12-14-9/h3-6H,1-2H3. The highest BCUT2D eigenvalue weighted by atomic mass is 32.1. The smallest absolute Gasteiger partial charge is 0.232 e. The lowest BCUT2D eigenvalue weighted by molar-refractivity contribution is 0.943. The lowest BCUT2D eigenvalue weighted by atomic mass is 10.2. The first kappa shape index (κ1) is 9.08. The molecule has 1 aromatic carbocycles. The third-order valence-corrected chi connectivity index (χ3v) is 2.73. The van der Waals surface area contributed by atoms with Crippen LogP contribution < -0.4 is 4.90 Å². The van der Waals surface area contributed by atoms with E-state index in [2.05, 4.69) is 33.9 Å². The van der Waals surface area contributed by atoms with Crippen LogP contribution in [0, 0.1) is 6.92 Å². The fraction of sp³-hybridized carbons (Fsp3) is 0.222. The Bertz CT molecular complexity index is 413. The number of benzene rings is 1. The molecule has 0 bridgehead atoms. The second kappa shape index (κ2) is 3.71. The van der Waals surface area contributed by atoms with Crippen LogP contribution in [-0.4, -0.2) is 21.8 Å². The minimum Gasteiger partial charge on any atom is -0.318 e. The Hall–Kier alpha value is -1.49. The number of aromatic nitrogens is 3. The molecule has 0 radical (unpaired) electrons. The maximum Gasteiger partial charge on any atom is 0.232 e. The molecule has 0 saturated heterocycles. The van der Waals surface area contributed by atoms with Gasteiger partial charge in [0.1, 0.15) is 0 Å². The molecule has 72 valence electrons. The second-order valence-electron chi connectivity index (χ2n) is 2.99. The molecule has 4 nitrogen and oxygen atoms in total. The molecule has 0 unspecified atom stereocenters. The van der Waals surface area contributed by atoms with Gasteiger partial charge in [-0.25, -0.2) is 0 Å². The number of hydrogen-bond donors (Lipinski definition) is 0. The van der Waals surface area contributed by atoms with Crippen LogP contribution in [0.25, 0.3) is 0 Å². The van der Waals surface area contributed by atoms with Crippen molar-refractivity contribution in [3.8, 4) is 0 Å². The van der Waals surface area contributed by atoms with Gasteiger partial charge in [0.15, 0.2) is 0 Å². The minimum absolute atomic E-state index is 0.805. The molecular formula is C9H10N4S. The van der Waals surface area contributed by atoms with Crippen molar-refractivity contribution in [3.05, 3.63) is 29.8 Å². The van der Waals surface area contributed by atoms with Gasteiger partial charge in [0, 0.05) is 24.3 Å². The normalized spacial score (nSPS) is 10.1. The second-order valence-corrected chi connectivity index (χ2v) is 3.70. The van der Waals surface area contributed by atoms with Crippen LogP contribution in [0.4, 0.5) is 10.8 Å². The summed E-state index contributed by atoms with van der Waals surface area (Å²) in [7, 11) is 1.96. The number of rotatable bonds is 2. The fourth-order valence-electron chi connectivity index (χ4n) is 1.30. The van der Waals surface area contributed by atoms with Gasteiger partial charge in [-0.05, 0) is 23.8 Å². The summed E-state index contributed by atoms with van der Waals surface area (Å²) in [5, 5.41) is 8.30. The topological polar surface area (TPSA) is 41.9 Å². The molecule has 0 N–H and O–H groups in total. The van der Waals surface area contributed by atoms with E-state index in [1.54, 1.807) is 0 Å². The highest BCUT2D eigenvalue weighted by Crippen LogP contribution is 2.25. The molecule has 0 aliphatic heterocycles. The molecule has 0 atom stereocenters. The van der Waals surface area contributed by atoms with Gasteiger partial charge in [-0.2, -0.15) is 0 Å². The van der Waals surface area contributed by atoms with E-state index in [-0.39, 0.29) is 0 Å². The Morgan fingerprint density at radius 2 is 2.07 bits per heavy atom. The van der Waals surface area contributed by atoms with Crippen LogP contribution >= 0.6 is 11.5 Å². The average Bonchev–Trinajstić information content (AvgIpc) is 2.70. The van der Waals surface area contributed by atoms with Gasteiger partial charge in [-0.1, -0.05) is 27.8 Å². The number of hydrogen-bond acceptors (Lipinski definition) is 5. The summed E-state index contributed by atoms with van der Waals surface area (Å²) in [6.45, 7) is 2.07. The molecule has 14 heavy (non-hydrogen) atoms. The largest absolute Gasteiger partial charge is 0.318 e. The van der Waals surface area contributed by atoms with Crippen molar-refractivity contribution in [3.63, 3.8) is 0 Å². The molecule has 1 heterocycles. The lowest BCUT2D eigenvalue weighted by Gasteiger charge is -2.16. The maximum atomic E-state index is 3.92. The highest BCUT2D eigenvalue weighted by Gasteiger charge is 2.09. The van der Waals surface area contributed by atoms with Gasteiger partial charge >= 0.3 is 0 Å². The molecular weight excluding hydrogens is 196 g/mol. The summed E-state index contributed by atoms with van der Waals surface area (Å²) in [6, 6.07) is 8.15. The Morgan fingerprint density at radius 3 is 2.71 bits per heavy atom. The molecule has 0 aliphatic rings. The first-order chi connectivity index (χ1) is 6.79. The summed E-state index contributed by atoms with van der Waals surface area (Å²) in [6.07, 6.45) is 0. The third-order valence-electron chi connectivity index (χ3n) is 2.05. The quantitative estimate of drug-likeness (QED) is 0.753. The molecule has 2 aromatic rings. The summed E-state index contributed by atoms with van der Waals surface area (Å²) in [5.74, 6) is 0. The van der Waals surface area contributed by atoms with Crippen LogP contribution in [0.3, 0.4) is 0 Å². The zero-order chi connectivity index (χ0) is 9.97. The van der Waals surface area contributed by atoms with Crippen LogP contribution in [0.5, 0.6) is 0 Å². The number of aryl methyl sites for hydroxylation is 1. The van der Waals surface area contributed by atoms with Crippen LogP contribution in [0.2, 0.25) is 0 Å². The van der Waals surface area contributed by atoms with E-state index >= 15 is 0 Å². The average molecular weight is 206 g/mol. The molecule has 2 rings (SSSR count). The van der Waals surface area contributed by atoms with E-state index in [1.165, 1.54) is 17.1 Å². The van der Waals surface area contributed by atoms with Crippen molar-refractivity contribution in [2.24, 2.45) is 0 Å². The van der Waals surface area contributed by atoms with E-state index < -0.39 is 0 Å².